The number of hydrogen-bond donors (Lipinski definition) is 1. The standard InChI is InChI=1S/C17H20ClN/c18-14-16-11-4-5-12-17(16)19-13-7-6-10-15-8-2-1-3-9-15/h1-5,8-9,11-12,19H,6-7,10,13-14H2. The molecular weight excluding hydrogens is 254 g/mol. The van der Waals surface area contributed by atoms with Crippen molar-refractivity contribution in [3.8, 4) is 0 Å². The number of unbranched alkanes of at least 4 members (excludes halogenated alkanes) is 1. The second kappa shape index (κ2) is 7.85. The summed E-state index contributed by atoms with van der Waals surface area (Å²) in [6, 6.07) is 18.9. The fraction of sp³-hybridized carbons (Fsp3) is 0.294. The largest absolute Gasteiger partial charge is 0.385 e. The first-order valence-electron chi connectivity index (χ1n) is 6.82. The third-order valence-corrected chi connectivity index (χ3v) is 3.50. The highest BCUT2D eigenvalue weighted by Crippen LogP contribution is 2.17. The molecule has 100 valence electrons. The summed E-state index contributed by atoms with van der Waals surface area (Å²) < 4.78 is 0. The Morgan fingerprint density at radius 3 is 2.37 bits per heavy atom. The first kappa shape index (κ1) is 14.0. The van der Waals surface area contributed by atoms with Crippen molar-refractivity contribution in [2.45, 2.75) is 25.1 Å². The average Bonchev–Trinajstić information content (AvgIpc) is 2.48. The molecule has 0 amide bonds. The second-order valence-corrected chi connectivity index (χ2v) is 4.93. The van der Waals surface area contributed by atoms with E-state index < -0.39 is 0 Å². The van der Waals surface area contributed by atoms with Gasteiger partial charge in [-0.3, -0.25) is 0 Å². The Labute approximate surface area is 120 Å². The molecule has 0 saturated heterocycles. The molecule has 1 N–H and O–H groups in total. The number of rotatable bonds is 7. The number of benzene rings is 2. The van der Waals surface area contributed by atoms with Crippen LogP contribution in [0.15, 0.2) is 54.6 Å². The number of nitrogens with one attached hydrogen (secondary N) is 1. The van der Waals surface area contributed by atoms with Crippen LogP contribution in [0.3, 0.4) is 0 Å². The monoisotopic (exact) mass is 273 g/mol. The van der Waals surface area contributed by atoms with Crippen LogP contribution in [0.1, 0.15) is 24.0 Å². The smallest absolute Gasteiger partial charge is 0.0494 e. The number of hydrogen-bond acceptors (Lipinski definition) is 1. The fourth-order valence-electron chi connectivity index (χ4n) is 2.13. The van der Waals surface area contributed by atoms with Gasteiger partial charge in [0, 0.05) is 18.1 Å². The van der Waals surface area contributed by atoms with E-state index in [2.05, 4.69) is 47.8 Å². The Balaban J connectivity index is 1.69. The van der Waals surface area contributed by atoms with E-state index in [9.17, 15) is 0 Å². The lowest BCUT2D eigenvalue weighted by molar-refractivity contribution is 0.763. The Bertz CT molecular complexity index is 482. The highest BCUT2D eigenvalue weighted by atomic mass is 35.5. The zero-order chi connectivity index (χ0) is 13.3. The average molecular weight is 274 g/mol. The topological polar surface area (TPSA) is 12.0 Å². The van der Waals surface area contributed by atoms with Crippen LogP contribution in [0.4, 0.5) is 5.69 Å². The van der Waals surface area contributed by atoms with Crippen LogP contribution in [0, 0.1) is 0 Å². The molecule has 0 bridgehead atoms. The van der Waals surface area contributed by atoms with E-state index in [1.807, 2.05) is 12.1 Å². The molecule has 2 aromatic rings. The Morgan fingerprint density at radius 1 is 0.842 bits per heavy atom. The highest BCUT2D eigenvalue weighted by molar-refractivity contribution is 6.17. The van der Waals surface area contributed by atoms with E-state index in [0.29, 0.717) is 5.88 Å². The van der Waals surface area contributed by atoms with Gasteiger partial charge in [-0.15, -0.1) is 11.6 Å². The molecule has 0 radical (unpaired) electrons. The minimum atomic E-state index is 0.563. The predicted octanol–water partition coefficient (Wildman–Crippen LogP) is 4.86. The van der Waals surface area contributed by atoms with Gasteiger partial charge < -0.3 is 5.32 Å². The summed E-state index contributed by atoms with van der Waals surface area (Å²) in [5.41, 5.74) is 3.76. The fourth-order valence-corrected chi connectivity index (χ4v) is 2.36. The van der Waals surface area contributed by atoms with Crippen LogP contribution in [0.2, 0.25) is 0 Å². The van der Waals surface area contributed by atoms with Gasteiger partial charge >= 0.3 is 0 Å². The summed E-state index contributed by atoms with van der Waals surface area (Å²) >= 11 is 5.91. The molecule has 0 heterocycles. The molecule has 0 aliphatic heterocycles. The molecule has 0 fully saturated rings. The number of aryl methyl sites for hydroxylation is 1. The molecule has 0 unspecified atom stereocenters. The number of para-hydroxylation sites is 1. The quantitative estimate of drug-likeness (QED) is 0.561. The van der Waals surface area contributed by atoms with Crippen LogP contribution >= 0.6 is 11.6 Å². The highest BCUT2D eigenvalue weighted by Gasteiger charge is 1.99. The molecule has 0 aliphatic carbocycles. The van der Waals surface area contributed by atoms with E-state index in [1.165, 1.54) is 24.0 Å². The lowest BCUT2D eigenvalue weighted by Crippen LogP contribution is -2.04. The first-order valence-corrected chi connectivity index (χ1v) is 7.35. The minimum absolute atomic E-state index is 0.563. The summed E-state index contributed by atoms with van der Waals surface area (Å²) in [6.07, 6.45) is 3.53. The van der Waals surface area contributed by atoms with Crippen molar-refractivity contribution in [2.75, 3.05) is 11.9 Å². The molecule has 0 spiro atoms. The zero-order valence-corrected chi connectivity index (χ0v) is 11.9. The summed E-state index contributed by atoms with van der Waals surface area (Å²) in [5, 5.41) is 3.47. The summed E-state index contributed by atoms with van der Waals surface area (Å²) in [6.45, 7) is 1.00. The maximum Gasteiger partial charge on any atom is 0.0494 e. The summed E-state index contributed by atoms with van der Waals surface area (Å²) in [7, 11) is 0. The summed E-state index contributed by atoms with van der Waals surface area (Å²) in [5.74, 6) is 0.563. The van der Waals surface area contributed by atoms with Crippen LogP contribution in [0.25, 0.3) is 0 Å². The van der Waals surface area contributed by atoms with E-state index in [4.69, 9.17) is 11.6 Å². The van der Waals surface area contributed by atoms with Crippen LogP contribution in [-0.4, -0.2) is 6.54 Å². The number of alkyl halides is 1. The Hall–Kier alpha value is -1.47. The third kappa shape index (κ3) is 4.60. The van der Waals surface area contributed by atoms with Gasteiger partial charge in [-0.25, -0.2) is 0 Å². The van der Waals surface area contributed by atoms with Crippen molar-refractivity contribution in [1.82, 2.24) is 0 Å². The van der Waals surface area contributed by atoms with Gasteiger partial charge in [0.2, 0.25) is 0 Å². The lowest BCUT2D eigenvalue weighted by atomic mass is 10.1. The van der Waals surface area contributed by atoms with Crippen LogP contribution in [0.5, 0.6) is 0 Å². The van der Waals surface area contributed by atoms with Crippen LogP contribution in [-0.2, 0) is 12.3 Å². The van der Waals surface area contributed by atoms with Crippen molar-refractivity contribution in [3.05, 3.63) is 65.7 Å². The molecule has 2 heteroatoms. The SMILES string of the molecule is ClCc1ccccc1NCCCCc1ccccc1. The number of halogens is 1. The van der Waals surface area contributed by atoms with Gasteiger partial charge in [0.25, 0.3) is 0 Å². The van der Waals surface area contributed by atoms with E-state index >= 15 is 0 Å². The minimum Gasteiger partial charge on any atom is -0.385 e. The maximum absolute atomic E-state index is 5.91. The van der Waals surface area contributed by atoms with Crippen molar-refractivity contribution in [3.63, 3.8) is 0 Å². The van der Waals surface area contributed by atoms with E-state index in [0.717, 1.165) is 18.7 Å². The number of anilines is 1. The van der Waals surface area contributed by atoms with E-state index in [1.54, 1.807) is 0 Å². The van der Waals surface area contributed by atoms with Gasteiger partial charge in [0.15, 0.2) is 0 Å². The van der Waals surface area contributed by atoms with Crippen molar-refractivity contribution in [1.29, 1.82) is 0 Å². The van der Waals surface area contributed by atoms with E-state index in [-0.39, 0.29) is 0 Å². The molecule has 0 aromatic heterocycles. The molecule has 0 atom stereocenters. The second-order valence-electron chi connectivity index (χ2n) is 4.66. The van der Waals surface area contributed by atoms with Crippen molar-refractivity contribution < 1.29 is 0 Å². The molecular formula is C17H20ClN. The third-order valence-electron chi connectivity index (χ3n) is 3.21. The lowest BCUT2D eigenvalue weighted by Gasteiger charge is -2.10. The maximum atomic E-state index is 5.91. The van der Waals surface area contributed by atoms with Crippen molar-refractivity contribution >= 4 is 17.3 Å². The van der Waals surface area contributed by atoms with Gasteiger partial charge in [-0.05, 0) is 36.5 Å². The summed E-state index contributed by atoms with van der Waals surface area (Å²) in [4.78, 5) is 0. The van der Waals surface area contributed by atoms with Crippen molar-refractivity contribution in [2.24, 2.45) is 0 Å². The Morgan fingerprint density at radius 2 is 1.58 bits per heavy atom. The molecule has 19 heavy (non-hydrogen) atoms. The molecule has 2 aromatic carbocycles. The first-order chi connectivity index (χ1) is 9.40. The molecule has 2 rings (SSSR count). The Kier molecular flexibility index (Phi) is 5.77. The normalized spacial score (nSPS) is 10.4. The van der Waals surface area contributed by atoms with Gasteiger partial charge in [-0.1, -0.05) is 48.5 Å². The van der Waals surface area contributed by atoms with Gasteiger partial charge in [0.1, 0.15) is 0 Å². The van der Waals surface area contributed by atoms with Gasteiger partial charge in [-0.2, -0.15) is 0 Å². The van der Waals surface area contributed by atoms with Crippen LogP contribution < -0.4 is 5.32 Å². The molecule has 0 aliphatic rings. The predicted molar refractivity (Wildman–Crippen MR) is 83.9 cm³/mol. The zero-order valence-electron chi connectivity index (χ0n) is 11.1. The molecule has 1 nitrogen and oxygen atoms in total. The van der Waals surface area contributed by atoms with Gasteiger partial charge in [0.05, 0.1) is 0 Å². The molecule has 0 saturated carbocycles.